The summed E-state index contributed by atoms with van der Waals surface area (Å²) in [6.45, 7) is 3.00. The van der Waals surface area contributed by atoms with E-state index in [1.54, 1.807) is 47.4 Å². The summed E-state index contributed by atoms with van der Waals surface area (Å²) in [5.74, 6) is 0.935. The van der Waals surface area contributed by atoms with E-state index >= 15 is 0 Å². The Balaban J connectivity index is 1.17. The third-order valence-corrected chi connectivity index (χ3v) is 5.13. The van der Waals surface area contributed by atoms with Crippen LogP contribution in [-0.2, 0) is 13.2 Å². The van der Waals surface area contributed by atoms with Crippen molar-refractivity contribution in [2.24, 2.45) is 0 Å². The molecular formula is C25H22N6O2. The minimum Gasteiger partial charge on any atom is -0.487 e. The molecule has 8 heteroatoms. The number of carbonyl (C=O) groups excluding carboxylic acids is 1. The van der Waals surface area contributed by atoms with Crippen LogP contribution in [0.4, 0.5) is 5.82 Å². The molecule has 33 heavy (non-hydrogen) atoms. The molecule has 8 nitrogen and oxygen atoms in total. The number of nitrogens with one attached hydrogen (secondary N) is 1. The molecule has 0 aliphatic heterocycles. The molecule has 4 aromatic heterocycles. The lowest BCUT2D eigenvalue weighted by Crippen LogP contribution is -2.12. The second kappa shape index (κ2) is 8.96. The van der Waals surface area contributed by atoms with Crippen LogP contribution >= 0.6 is 0 Å². The zero-order valence-electron chi connectivity index (χ0n) is 18.0. The minimum atomic E-state index is -0.230. The molecule has 1 amide bonds. The van der Waals surface area contributed by atoms with Crippen LogP contribution in [0.25, 0.3) is 5.65 Å². The maximum absolute atomic E-state index is 12.6. The fraction of sp³-hybridized carbons (Fsp3) is 0.120. The first-order valence-corrected chi connectivity index (χ1v) is 10.5. The highest BCUT2D eigenvalue weighted by Crippen LogP contribution is 2.16. The number of rotatable bonds is 7. The van der Waals surface area contributed by atoms with Crippen molar-refractivity contribution in [1.82, 2.24) is 24.1 Å². The number of fused-ring (bicyclic) bond motifs is 1. The fourth-order valence-electron chi connectivity index (χ4n) is 3.47. The molecule has 5 rings (SSSR count). The summed E-state index contributed by atoms with van der Waals surface area (Å²) >= 11 is 0. The number of hydrogen-bond acceptors (Lipinski definition) is 5. The highest BCUT2D eigenvalue weighted by molar-refractivity contribution is 6.03. The molecule has 164 valence electrons. The summed E-state index contributed by atoms with van der Waals surface area (Å²) in [6, 6.07) is 16.6. The normalized spacial score (nSPS) is 10.9. The molecule has 0 atom stereocenters. The van der Waals surface area contributed by atoms with Gasteiger partial charge in [-0.2, -0.15) is 5.10 Å². The van der Waals surface area contributed by atoms with Gasteiger partial charge in [-0.1, -0.05) is 6.07 Å². The highest BCUT2D eigenvalue weighted by atomic mass is 16.5. The van der Waals surface area contributed by atoms with E-state index in [0.29, 0.717) is 30.3 Å². The minimum absolute atomic E-state index is 0.230. The van der Waals surface area contributed by atoms with Gasteiger partial charge in [0.05, 0.1) is 12.2 Å². The SMILES string of the molecule is Cc1ccc2nc(COc3ccc(C(=O)Nc4ccn(Cc5ccncc5)n4)cc3)cn2c1. The van der Waals surface area contributed by atoms with Gasteiger partial charge < -0.3 is 14.5 Å². The molecule has 0 unspecified atom stereocenters. The molecule has 1 N–H and O–H groups in total. The lowest BCUT2D eigenvalue weighted by Gasteiger charge is -2.06. The van der Waals surface area contributed by atoms with Crippen molar-refractivity contribution in [3.63, 3.8) is 0 Å². The van der Waals surface area contributed by atoms with Crippen LogP contribution in [-0.4, -0.2) is 30.1 Å². The van der Waals surface area contributed by atoms with E-state index in [0.717, 1.165) is 16.9 Å². The van der Waals surface area contributed by atoms with Crippen molar-refractivity contribution in [2.45, 2.75) is 20.1 Å². The van der Waals surface area contributed by atoms with Gasteiger partial charge in [0, 0.05) is 42.6 Å². The topological polar surface area (TPSA) is 86.3 Å². The Morgan fingerprint density at radius 2 is 1.82 bits per heavy atom. The number of anilines is 1. The number of aromatic nitrogens is 5. The van der Waals surface area contributed by atoms with E-state index in [4.69, 9.17) is 4.74 Å². The van der Waals surface area contributed by atoms with E-state index in [1.807, 2.05) is 54.2 Å². The van der Waals surface area contributed by atoms with Gasteiger partial charge in [-0.25, -0.2) is 4.98 Å². The molecule has 0 spiro atoms. The highest BCUT2D eigenvalue weighted by Gasteiger charge is 2.09. The summed E-state index contributed by atoms with van der Waals surface area (Å²) in [6.07, 6.45) is 9.30. The molecule has 0 aliphatic carbocycles. The average molecular weight is 438 g/mol. The second-order valence-electron chi connectivity index (χ2n) is 7.73. The Bertz CT molecular complexity index is 1390. The predicted molar refractivity (Wildman–Crippen MR) is 124 cm³/mol. The standard InChI is InChI=1S/C25H22N6O2/c1-18-2-7-24-27-21(16-30(24)14-18)17-33-22-5-3-20(4-6-22)25(32)28-23-10-13-31(29-23)15-19-8-11-26-12-9-19/h2-14,16H,15,17H2,1H3,(H,28,29,32). The van der Waals surface area contributed by atoms with Gasteiger partial charge in [-0.15, -0.1) is 0 Å². The van der Waals surface area contributed by atoms with Crippen LogP contribution in [0.15, 0.2) is 85.6 Å². The van der Waals surface area contributed by atoms with Gasteiger partial charge in [0.15, 0.2) is 5.82 Å². The van der Waals surface area contributed by atoms with Crippen LogP contribution in [0.1, 0.15) is 27.2 Å². The fourth-order valence-corrected chi connectivity index (χ4v) is 3.47. The summed E-state index contributed by atoms with van der Waals surface area (Å²) in [5, 5.41) is 7.23. The van der Waals surface area contributed by atoms with Gasteiger partial charge in [0.1, 0.15) is 18.0 Å². The number of carbonyl (C=O) groups is 1. The average Bonchev–Trinajstić information content (AvgIpc) is 3.44. The Labute approximate surface area is 190 Å². The molecule has 5 aromatic rings. The Morgan fingerprint density at radius 1 is 1.00 bits per heavy atom. The first-order valence-electron chi connectivity index (χ1n) is 10.5. The number of amides is 1. The number of hydrogen-bond donors (Lipinski definition) is 1. The summed E-state index contributed by atoms with van der Waals surface area (Å²) in [4.78, 5) is 21.1. The molecular weight excluding hydrogens is 416 g/mol. The van der Waals surface area contributed by atoms with Gasteiger partial charge in [0.2, 0.25) is 0 Å². The molecule has 0 radical (unpaired) electrons. The maximum Gasteiger partial charge on any atom is 0.256 e. The quantitative estimate of drug-likeness (QED) is 0.413. The number of pyridine rings is 2. The van der Waals surface area contributed by atoms with Crippen LogP contribution < -0.4 is 10.1 Å². The second-order valence-corrected chi connectivity index (χ2v) is 7.73. The molecule has 0 aliphatic rings. The van der Waals surface area contributed by atoms with Gasteiger partial charge in [-0.05, 0) is 60.5 Å². The van der Waals surface area contributed by atoms with Gasteiger partial charge in [-0.3, -0.25) is 14.5 Å². The van der Waals surface area contributed by atoms with Crippen molar-refractivity contribution in [2.75, 3.05) is 5.32 Å². The first kappa shape index (κ1) is 20.4. The van der Waals surface area contributed by atoms with Gasteiger partial charge in [0.25, 0.3) is 5.91 Å². The molecule has 0 bridgehead atoms. The van der Waals surface area contributed by atoms with Crippen molar-refractivity contribution in [1.29, 1.82) is 0 Å². The molecule has 4 heterocycles. The first-order chi connectivity index (χ1) is 16.1. The Hall–Kier alpha value is -4.46. The van der Waals surface area contributed by atoms with Crippen molar-refractivity contribution >= 4 is 17.4 Å². The van der Waals surface area contributed by atoms with E-state index in [9.17, 15) is 4.79 Å². The Kier molecular flexibility index (Phi) is 5.55. The predicted octanol–water partition coefficient (Wildman–Crippen LogP) is 4.11. The molecule has 0 fully saturated rings. The third kappa shape index (κ3) is 4.90. The van der Waals surface area contributed by atoms with Crippen LogP contribution in [0.5, 0.6) is 5.75 Å². The number of aryl methyl sites for hydroxylation is 1. The van der Waals surface area contributed by atoms with E-state index in [2.05, 4.69) is 20.4 Å². The van der Waals surface area contributed by atoms with E-state index in [1.165, 1.54) is 5.56 Å². The number of benzene rings is 1. The van der Waals surface area contributed by atoms with Crippen molar-refractivity contribution in [3.05, 3.63) is 108 Å². The molecule has 0 saturated heterocycles. The monoisotopic (exact) mass is 438 g/mol. The Morgan fingerprint density at radius 3 is 2.64 bits per heavy atom. The van der Waals surface area contributed by atoms with Gasteiger partial charge >= 0.3 is 0 Å². The summed E-state index contributed by atoms with van der Waals surface area (Å²) < 4.78 is 9.59. The zero-order valence-corrected chi connectivity index (χ0v) is 18.0. The van der Waals surface area contributed by atoms with Crippen LogP contribution in [0.3, 0.4) is 0 Å². The molecule has 1 aromatic carbocycles. The van der Waals surface area contributed by atoms with E-state index < -0.39 is 0 Å². The number of imidazole rings is 1. The van der Waals surface area contributed by atoms with Crippen LogP contribution in [0, 0.1) is 6.92 Å². The summed E-state index contributed by atoms with van der Waals surface area (Å²) in [7, 11) is 0. The smallest absolute Gasteiger partial charge is 0.256 e. The third-order valence-electron chi connectivity index (χ3n) is 5.13. The number of nitrogens with zero attached hydrogens (tertiary/aromatic N) is 5. The zero-order chi connectivity index (χ0) is 22.6. The molecule has 0 saturated carbocycles. The lowest BCUT2D eigenvalue weighted by molar-refractivity contribution is 0.102. The van der Waals surface area contributed by atoms with Crippen LogP contribution in [0.2, 0.25) is 0 Å². The van der Waals surface area contributed by atoms with Crippen molar-refractivity contribution < 1.29 is 9.53 Å². The summed E-state index contributed by atoms with van der Waals surface area (Å²) in [5.41, 5.74) is 4.50. The lowest BCUT2D eigenvalue weighted by atomic mass is 10.2. The van der Waals surface area contributed by atoms with E-state index in [-0.39, 0.29) is 5.91 Å². The number of ether oxygens (including phenoxy) is 1. The van der Waals surface area contributed by atoms with Crippen molar-refractivity contribution in [3.8, 4) is 5.75 Å². The maximum atomic E-state index is 12.6. The largest absolute Gasteiger partial charge is 0.487 e.